The fourth-order valence-electron chi connectivity index (χ4n) is 1.65. The third-order valence-electron chi connectivity index (χ3n) is 2.20. The van der Waals surface area contributed by atoms with Crippen LogP contribution in [-0.4, -0.2) is 15.5 Å². The lowest BCUT2D eigenvalue weighted by Gasteiger charge is -2.10. The summed E-state index contributed by atoms with van der Waals surface area (Å²) in [7, 11) is 1.92. The first-order valence-electron chi connectivity index (χ1n) is 4.11. The summed E-state index contributed by atoms with van der Waals surface area (Å²) in [5, 5.41) is 8.10. The molecule has 0 aromatic carbocycles. The molecule has 0 saturated heterocycles. The normalized spacial score (nSPS) is 19.6. The van der Waals surface area contributed by atoms with E-state index >= 15 is 0 Å². The number of rotatable bonds is 0. The summed E-state index contributed by atoms with van der Waals surface area (Å²) in [5.74, 6) is 5.28. The molecular weight excluding hydrogens is 152 g/mol. The zero-order valence-electron chi connectivity index (χ0n) is 7.12. The van der Waals surface area contributed by atoms with Crippen LogP contribution in [0, 0.1) is 0 Å². The number of aromatic nitrogens is 2. The van der Waals surface area contributed by atoms with Gasteiger partial charge in [0.25, 0.3) is 0 Å². The van der Waals surface area contributed by atoms with Crippen LogP contribution < -0.4 is 5.84 Å². The summed E-state index contributed by atoms with van der Waals surface area (Å²) >= 11 is 0. The molecule has 64 valence electrons. The molecule has 1 aliphatic carbocycles. The molecule has 1 aromatic heterocycles. The van der Waals surface area contributed by atoms with Crippen molar-refractivity contribution >= 4 is 5.71 Å². The van der Waals surface area contributed by atoms with Crippen LogP contribution in [0.2, 0.25) is 0 Å². The van der Waals surface area contributed by atoms with Crippen molar-refractivity contribution in [2.24, 2.45) is 18.0 Å². The molecule has 1 aromatic rings. The second-order valence-electron chi connectivity index (χ2n) is 3.09. The lowest BCUT2D eigenvalue weighted by molar-refractivity contribution is 0.724. The van der Waals surface area contributed by atoms with Crippen molar-refractivity contribution in [3.63, 3.8) is 0 Å². The highest BCUT2D eigenvalue weighted by Gasteiger charge is 2.18. The number of nitrogens with two attached hydrogens (primary N) is 1. The van der Waals surface area contributed by atoms with Gasteiger partial charge in [-0.15, -0.1) is 0 Å². The van der Waals surface area contributed by atoms with Crippen molar-refractivity contribution in [3.05, 3.63) is 17.5 Å². The molecule has 4 heteroatoms. The van der Waals surface area contributed by atoms with Gasteiger partial charge >= 0.3 is 0 Å². The Labute approximate surface area is 71.1 Å². The molecular formula is C8H12N4. The molecule has 0 atom stereocenters. The van der Waals surface area contributed by atoms with Crippen molar-refractivity contribution in [1.82, 2.24) is 9.78 Å². The smallest absolute Gasteiger partial charge is 0.0715 e. The Hall–Kier alpha value is -1.32. The molecule has 0 spiro atoms. The van der Waals surface area contributed by atoms with Gasteiger partial charge in [0, 0.05) is 18.8 Å². The SMILES string of the molecule is Cn1cc2c(n1)CCC/C2=N\N. The molecule has 0 bridgehead atoms. The maximum Gasteiger partial charge on any atom is 0.0715 e. The molecule has 2 rings (SSSR count). The monoisotopic (exact) mass is 164 g/mol. The van der Waals surface area contributed by atoms with Crippen molar-refractivity contribution in [3.8, 4) is 0 Å². The van der Waals surface area contributed by atoms with E-state index in [0.717, 1.165) is 36.2 Å². The Morgan fingerprint density at radius 2 is 2.42 bits per heavy atom. The van der Waals surface area contributed by atoms with Crippen molar-refractivity contribution < 1.29 is 0 Å². The predicted molar refractivity (Wildman–Crippen MR) is 46.9 cm³/mol. The van der Waals surface area contributed by atoms with Crippen LogP contribution in [0.4, 0.5) is 0 Å². The molecule has 0 radical (unpaired) electrons. The number of fused-ring (bicyclic) bond motifs is 1. The maximum absolute atomic E-state index is 5.28. The maximum atomic E-state index is 5.28. The zero-order valence-corrected chi connectivity index (χ0v) is 7.12. The molecule has 0 unspecified atom stereocenters. The highest BCUT2D eigenvalue weighted by atomic mass is 15.3. The first-order chi connectivity index (χ1) is 5.81. The molecule has 0 fully saturated rings. The van der Waals surface area contributed by atoms with Crippen LogP contribution in [0.1, 0.15) is 24.1 Å². The van der Waals surface area contributed by atoms with E-state index in [2.05, 4.69) is 10.2 Å². The number of hydrogen-bond acceptors (Lipinski definition) is 3. The van der Waals surface area contributed by atoms with Gasteiger partial charge in [-0.05, 0) is 19.3 Å². The van der Waals surface area contributed by atoms with E-state index in [1.54, 1.807) is 0 Å². The van der Waals surface area contributed by atoms with Crippen molar-refractivity contribution in [1.29, 1.82) is 0 Å². The third-order valence-corrected chi connectivity index (χ3v) is 2.20. The summed E-state index contributed by atoms with van der Waals surface area (Å²) in [5.41, 5.74) is 3.25. The van der Waals surface area contributed by atoms with Gasteiger partial charge in [-0.1, -0.05) is 0 Å². The van der Waals surface area contributed by atoms with E-state index in [0.29, 0.717) is 0 Å². The van der Waals surface area contributed by atoms with E-state index in [1.807, 2.05) is 17.9 Å². The van der Waals surface area contributed by atoms with Crippen molar-refractivity contribution in [2.45, 2.75) is 19.3 Å². The predicted octanol–water partition coefficient (Wildman–Crippen LogP) is 0.419. The molecule has 1 aliphatic rings. The van der Waals surface area contributed by atoms with Gasteiger partial charge in [-0.2, -0.15) is 10.2 Å². The van der Waals surface area contributed by atoms with Gasteiger partial charge in [0.15, 0.2) is 0 Å². The lowest BCUT2D eigenvalue weighted by Crippen LogP contribution is -2.12. The van der Waals surface area contributed by atoms with Gasteiger partial charge in [0.2, 0.25) is 0 Å². The number of hydrazone groups is 1. The molecule has 0 amide bonds. The van der Waals surface area contributed by atoms with Gasteiger partial charge in [-0.25, -0.2) is 0 Å². The number of hydrogen-bond donors (Lipinski definition) is 1. The van der Waals surface area contributed by atoms with Crippen LogP contribution in [0.15, 0.2) is 11.3 Å². The Morgan fingerprint density at radius 1 is 1.58 bits per heavy atom. The summed E-state index contributed by atoms with van der Waals surface area (Å²) in [6.45, 7) is 0. The average Bonchev–Trinajstić information content (AvgIpc) is 2.44. The van der Waals surface area contributed by atoms with Crippen LogP contribution in [-0.2, 0) is 13.5 Å². The first kappa shape index (κ1) is 7.34. The van der Waals surface area contributed by atoms with E-state index in [1.165, 1.54) is 0 Å². The van der Waals surface area contributed by atoms with E-state index < -0.39 is 0 Å². The first-order valence-corrected chi connectivity index (χ1v) is 4.11. The average molecular weight is 164 g/mol. The van der Waals surface area contributed by atoms with Gasteiger partial charge in [-0.3, -0.25) is 4.68 Å². The van der Waals surface area contributed by atoms with Gasteiger partial charge in [0.1, 0.15) is 0 Å². The van der Waals surface area contributed by atoms with E-state index in [-0.39, 0.29) is 0 Å². The Morgan fingerprint density at radius 3 is 3.17 bits per heavy atom. The lowest BCUT2D eigenvalue weighted by atomic mass is 9.96. The largest absolute Gasteiger partial charge is 0.323 e. The standard InChI is InChI=1S/C8H12N4/c1-12-5-6-7(10-9)3-2-4-8(6)11-12/h5H,2-4,9H2,1H3/b10-7+. The van der Waals surface area contributed by atoms with Gasteiger partial charge < -0.3 is 5.84 Å². The topological polar surface area (TPSA) is 56.2 Å². The minimum atomic E-state index is 0.981. The second-order valence-corrected chi connectivity index (χ2v) is 3.09. The highest BCUT2D eigenvalue weighted by Crippen LogP contribution is 2.19. The van der Waals surface area contributed by atoms with Crippen LogP contribution in [0.25, 0.3) is 0 Å². The minimum Gasteiger partial charge on any atom is -0.323 e. The number of nitrogens with zero attached hydrogens (tertiary/aromatic N) is 3. The summed E-state index contributed by atoms with van der Waals surface area (Å²) in [4.78, 5) is 0. The Bertz CT molecular complexity index is 324. The third kappa shape index (κ3) is 0.995. The fourth-order valence-corrected chi connectivity index (χ4v) is 1.65. The molecule has 0 aliphatic heterocycles. The van der Waals surface area contributed by atoms with E-state index in [9.17, 15) is 0 Å². The Balaban J connectivity index is 2.50. The molecule has 4 nitrogen and oxygen atoms in total. The Kier molecular flexibility index (Phi) is 1.60. The molecule has 1 heterocycles. The minimum absolute atomic E-state index is 0.981. The van der Waals surface area contributed by atoms with Crippen LogP contribution in [0.5, 0.6) is 0 Å². The quantitative estimate of drug-likeness (QED) is 0.446. The summed E-state index contributed by atoms with van der Waals surface area (Å²) in [6.07, 6.45) is 5.13. The van der Waals surface area contributed by atoms with Gasteiger partial charge in [0.05, 0.1) is 11.4 Å². The van der Waals surface area contributed by atoms with Crippen molar-refractivity contribution in [2.75, 3.05) is 0 Å². The summed E-state index contributed by atoms with van der Waals surface area (Å²) < 4.78 is 1.82. The molecule has 2 N–H and O–H groups in total. The second kappa shape index (κ2) is 2.62. The highest BCUT2D eigenvalue weighted by molar-refractivity contribution is 6.01. The number of aryl methyl sites for hydroxylation is 2. The van der Waals surface area contributed by atoms with Crippen LogP contribution >= 0.6 is 0 Å². The fraction of sp³-hybridized carbons (Fsp3) is 0.500. The molecule has 0 saturated carbocycles. The van der Waals surface area contributed by atoms with E-state index in [4.69, 9.17) is 5.84 Å². The molecule has 12 heavy (non-hydrogen) atoms. The summed E-state index contributed by atoms with van der Waals surface area (Å²) in [6, 6.07) is 0. The zero-order chi connectivity index (χ0) is 8.55. The van der Waals surface area contributed by atoms with Crippen LogP contribution in [0.3, 0.4) is 0 Å².